The summed E-state index contributed by atoms with van der Waals surface area (Å²) in [6, 6.07) is 6.65. The van der Waals surface area contributed by atoms with Crippen molar-refractivity contribution in [1.82, 2.24) is 9.97 Å². The van der Waals surface area contributed by atoms with E-state index in [9.17, 15) is 4.39 Å². The molecule has 0 radical (unpaired) electrons. The highest BCUT2D eigenvalue weighted by molar-refractivity contribution is 6.28. The van der Waals surface area contributed by atoms with E-state index in [2.05, 4.69) is 9.97 Å². The Kier molecular flexibility index (Phi) is 3.39. The second-order valence-electron chi connectivity index (χ2n) is 3.07. The van der Waals surface area contributed by atoms with Gasteiger partial charge in [-0.25, -0.2) is 4.98 Å². The molecule has 88 valence electrons. The summed E-state index contributed by atoms with van der Waals surface area (Å²) in [5, 5.41) is -0.0742. The van der Waals surface area contributed by atoms with Crippen LogP contribution in [0.15, 0.2) is 30.5 Å². The molecule has 0 spiro atoms. The van der Waals surface area contributed by atoms with Crippen LogP contribution < -0.4 is 9.47 Å². The normalized spacial score (nSPS) is 10.1. The zero-order valence-corrected chi connectivity index (χ0v) is 9.61. The molecule has 0 saturated carbocycles. The van der Waals surface area contributed by atoms with Crippen molar-refractivity contribution in [2.75, 3.05) is 7.11 Å². The number of methoxy groups -OCH3 is 1. The maximum absolute atomic E-state index is 13.3. The molecule has 6 heteroatoms. The summed E-state index contributed by atoms with van der Waals surface area (Å²) in [6.45, 7) is 0. The van der Waals surface area contributed by atoms with Crippen LogP contribution in [0.5, 0.6) is 17.4 Å². The third kappa shape index (κ3) is 2.82. The molecule has 2 rings (SSSR count). The molecule has 1 aromatic carbocycles. The molecular formula is C11H8ClFN2O2. The summed E-state index contributed by atoms with van der Waals surface area (Å²) in [5.41, 5.74) is 0. The first-order valence-electron chi connectivity index (χ1n) is 4.69. The molecule has 0 bridgehead atoms. The maximum atomic E-state index is 13.3. The largest absolute Gasteiger partial charge is 0.497 e. The zero-order valence-electron chi connectivity index (χ0n) is 8.85. The van der Waals surface area contributed by atoms with Gasteiger partial charge in [-0.3, -0.25) is 0 Å². The molecule has 0 aliphatic rings. The number of hydrogen-bond acceptors (Lipinski definition) is 4. The predicted octanol–water partition coefficient (Wildman–Crippen LogP) is 3.07. The van der Waals surface area contributed by atoms with E-state index in [0.717, 1.165) is 6.20 Å². The monoisotopic (exact) mass is 254 g/mol. The van der Waals surface area contributed by atoms with Gasteiger partial charge in [0, 0.05) is 0 Å². The van der Waals surface area contributed by atoms with Crippen LogP contribution in [0.1, 0.15) is 0 Å². The van der Waals surface area contributed by atoms with E-state index in [0.29, 0.717) is 11.5 Å². The lowest BCUT2D eigenvalue weighted by atomic mass is 10.3. The van der Waals surface area contributed by atoms with Crippen LogP contribution in [0.4, 0.5) is 4.39 Å². The Balaban J connectivity index is 2.22. The van der Waals surface area contributed by atoms with Crippen LogP contribution >= 0.6 is 11.6 Å². The minimum Gasteiger partial charge on any atom is -0.497 e. The summed E-state index contributed by atoms with van der Waals surface area (Å²) in [7, 11) is 1.56. The molecule has 2 aromatic rings. The topological polar surface area (TPSA) is 44.2 Å². The average molecular weight is 255 g/mol. The van der Waals surface area contributed by atoms with Gasteiger partial charge in [0.15, 0.2) is 0 Å². The first-order chi connectivity index (χ1) is 8.19. The predicted molar refractivity (Wildman–Crippen MR) is 60.1 cm³/mol. The number of aromatic nitrogens is 2. The van der Waals surface area contributed by atoms with Gasteiger partial charge < -0.3 is 9.47 Å². The molecule has 17 heavy (non-hydrogen) atoms. The first kappa shape index (κ1) is 11.6. The van der Waals surface area contributed by atoms with E-state index in [4.69, 9.17) is 21.1 Å². The van der Waals surface area contributed by atoms with Gasteiger partial charge in [0.05, 0.1) is 13.3 Å². The molecule has 1 aromatic heterocycles. The summed E-state index contributed by atoms with van der Waals surface area (Å²) in [4.78, 5) is 7.12. The minimum absolute atomic E-state index is 0.0742. The van der Waals surface area contributed by atoms with Crippen LogP contribution in [0.3, 0.4) is 0 Å². The van der Waals surface area contributed by atoms with Crippen LogP contribution in [0.25, 0.3) is 0 Å². The van der Waals surface area contributed by atoms with Gasteiger partial charge >= 0.3 is 0 Å². The van der Waals surface area contributed by atoms with Crippen molar-refractivity contribution in [2.24, 2.45) is 0 Å². The molecule has 0 N–H and O–H groups in total. The summed E-state index contributed by atoms with van der Waals surface area (Å²) >= 11 is 5.54. The number of benzene rings is 1. The van der Waals surface area contributed by atoms with Crippen LogP contribution in [0, 0.1) is 5.82 Å². The van der Waals surface area contributed by atoms with E-state index in [1.54, 1.807) is 31.4 Å². The number of rotatable bonds is 3. The van der Waals surface area contributed by atoms with Gasteiger partial charge in [0.1, 0.15) is 11.5 Å². The van der Waals surface area contributed by atoms with Crippen molar-refractivity contribution in [1.29, 1.82) is 0 Å². The molecule has 0 aliphatic carbocycles. The lowest BCUT2D eigenvalue weighted by molar-refractivity contribution is 0.406. The Hall–Kier alpha value is -1.88. The smallest absolute Gasteiger partial charge is 0.260 e. The number of nitrogens with zero attached hydrogens (tertiary/aromatic N) is 2. The number of halogens is 2. The SMILES string of the molecule is COc1ccc(Oc2nc(Cl)ncc2F)cc1. The fraction of sp³-hybridized carbons (Fsp3) is 0.0909. The molecule has 0 saturated heterocycles. The summed E-state index contributed by atoms with van der Waals surface area (Å²) < 4.78 is 23.5. The third-order valence-electron chi connectivity index (χ3n) is 1.96. The zero-order chi connectivity index (χ0) is 12.3. The fourth-order valence-corrected chi connectivity index (χ4v) is 1.28. The van der Waals surface area contributed by atoms with Crippen molar-refractivity contribution in [3.05, 3.63) is 41.6 Å². The van der Waals surface area contributed by atoms with E-state index < -0.39 is 5.82 Å². The van der Waals surface area contributed by atoms with Crippen molar-refractivity contribution < 1.29 is 13.9 Å². The van der Waals surface area contributed by atoms with E-state index in [1.165, 1.54) is 0 Å². The Labute approximate surface area is 102 Å². The second kappa shape index (κ2) is 4.97. The third-order valence-corrected chi connectivity index (χ3v) is 2.14. The van der Waals surface area contributed by atoms with Gasteiger partial charge in [0.2, 0.25) is 11.1 Å². The molecular weight excluding hydrogens is 247 g/mol. The summed E-state index contributed by atoms with van der Waals surface area (Å²) in [6.07, 6.45) is 0.953. The standard InChI is InChI=1S/C11H8ClFN2O2/c1-16-7-2-4-8(5-3-7)17-10-9(13)6-14-11(12)15-10/h2-6H,1H3. The van der Waals surface area contributed by atoms with Gasteiger partial charge in [-0.15, -0.1) is 0 Å². The molecule has 0 unspecified atom stereocenters. The number of hydrogen-bond donors (Lipinski definition) is 0. The van der Waals surface area contributed by atoms with Crippen LogP contribution in [0.2, 0.25) is 5.28 Å². The number of ether oxygens (including phenoxy) is 2. The lowest BCUT2D eigenvalue weighted by Crippen LogP contribution is -1.94. The lowest BCUT2D eigenvalue weighted by Gasteiger charge is -2.06. The first-order valence-corrected chi connectivity index (χ1v) is 5.07. The van der Waals surface area contributed by atoms with Gasteiger partial charge in [0.25, 0.3) is 5.88 Å². The molecule has 4 nitrogen and oxygen atoms in total. The second-order valence-corrected chi connectivity index (χ2v) is 3.41. The Morgan fingerprint density at radius 3 is 2.47 bits per heavy atom. The van der Waals surface area contributed by atoms with Crippen molar-refractivity contribution in [3.63, 3.8) is 0 Å². The molecule has 0 atom stereocenters. The minimum atomic E-state index is -0.676. The van der Waals surface area contributed by atoms with Gasteiger partial charge in [-0.2, -0.15) is 9.37 Å². The Bertz CT molecular complexity index is 519. The van der Waals surface area contributed by atoms with Gasteiger partial charge in [-0.1, -0.05) is 0 Å². The molecule has 1 heterocycles. The van der Waals surface area contributed by atoms with E-state index in [-0.39, 0.29) is 11.2 Å². The highest BCUT2D eigenvalue weighted by Crippen LogP contribution is 2.24. The highest BCUT2D eigenvalue weighted by Gasteiger charge is 2.08. The van der Waals surface area contributed by atoms with E-state index >= 15 is 0 Å². The maximum Gasteiger partial charge on any atom is 0.260 e. The molecule has 0 aliphatic heterocycles. The van der Waals surface area contributed by atoms with E-state index in [1.807, 2.05) is 0 Å². The van der Waals surface area contributed by atoms with Crippen LogP contribution in [-0.2, 0) is 0 Å². The van der Waals surface area contributed by atoms with Gasteiger partial charge in [-0.05, 0) is 35.9 Å². The molecule has 0 amide bonds. The molecule has 0 fully saturated rings. The highest BCUT2D eigenvalue weighted by atomic mass is 35.5. The quantitative estimate of drug-likeness (QED) is 0.790. The summed E-state index contributed by atoms with van der Waals surface area (Å²) in [5.74, 6) is 0.221. The van der Waals surface area contributed by atoms with Crippen molar-refractivity contribution in [2.45, 2.75) is 0 Å². The Morgan fingerprint density at radius 2 is 1.82 bits per heavy atom. The van der Waals surface area contributed by atoms with Crippen molar-refractivity contribution >= 4 is 11.6 Å². The van der Waals surface area contributed by atoms with Crippen LogP contribution in [-0.4, -0.2) is 17.1 Å². The van der Waals surface area contributed by atoms with Crippen molar-refractivity contribution in [3.8, 4) is 17.4 Å². The average Bonchev–Trinajstić information content (AvgIpc) is 2.35. The Morgan fingerprint density at radius 1 is 1.18 bits per heavy atom. The fourth-order valence-electron chi connectivity index (χ4n) is 1.16.